The van der Waals surface area contributed by atoms with Crippen molar-refractivity contribution in [2.75, 3.05) is 0 Å². The standard InChI is InChI=1S/C12H15N3O2/c1-7(2)12(3)11(17)14-10(15-12)9-5-4-8(16)6-13-9/h4-7,16H,1-3H3,(H,14,15,17). The minimum absolute atomic E-state index is 0.0882. The largest absolute Gasteiger partial charge is 0.506 e. The van der Waals surface area contributed by atoms with Crippen molar-refractivity contribution in [2.24, 2.45) is 10.9 Å². The number of aromatic hydroxyl groups is 1. The summed E-state index contributed by atoms with van der Waals surface area (Å²) >= 11 is 0. The zero-order chi connectivity index (χ0) is 12.6. The zero-order valence-corrected chi connectivity index (χ0v) is 10.1. The number of nitrogens with zero attached hydrogens (tertiary/aromatic N) is 2. The topological polar surface area (TPSA) is 74.6 Å². The summed E-state index contributed by atoms with van der Waals surface area (Å²) in [4.78, 5) is 20.3. The molecule has 5 nitrogen and oxygen atoms in total. The van der Waals surface area contributed by atoms with E-state index in [4.69, 9.17) is 5.11 Å². The van der Waals surface area contributed by atoms with E-state index in [0.717, 1.165) is 0 Å². The Hall–Kier alpha value is -1.91. The number of aliphatic imine (C=N–C) groups is 1. The third-order valence-electron chi connectivity index (χ3n) is 3.15. The second-order valence-corrected chi connectivity index (χ2v) is 4.62. The first kappa shape index (κ1) is 11.6. The number of amides is 1. The molecule has 1 aromatic heterocycles. The maximum atomic E-state index is 11.9. The second kappa shape index (κ2) is 3.84. The van der Waals surface area contributed by atoms with Gasteiger partial charge in [-0.05, 0) is 25.0 Å². The highest BCUT2D eigenvalue weighted by Gasteiger charge is 2.42. The molecule has 1 atom stereocenters. The Morgan fingerprint density at radius 2 is 2.12 bits per heavy atom. The van der Waals surface area contributed by atoms with Gasteiger partial charge in [0.05, 0.1) is 6.20 Å². The van der Waals surface area contributed by atoms with Crippen LogP contribution < -0.4 is 5.32 Å². The molecule has 0 radical (unpaired) electrons. The summed E-state index contributed by atoms with van der Waals surface area (Å²) in [6, 6.07) is 3.14. The lowest BCUT2D eigenvalue weighted by atomic mass is 9.89. The van der Waals surface area contributed by atoms with Crippen molar-refractivity contribution < 1.29 is 9.90 Å². The molecule has 1 aromatic rings. The fourth-order valence-corrected chi connectivity index (χ4v) is 1.58. The van der Waals surface area contributed by atoms with E-state index >= 15 is 0 Å². The van der Waals surface area contributed by atoms with Gasteiger partial charge in [0.1, 0.15) is 17.0 Å². The van der Waals surface area contributed by atoms with Crippen LogP contribution in [0.2, 0.25) is 0 Å². The lowest BCUT2D eigenvalue weighted by molar-refractivity contribution is -0.124. The third kappa shape index (κ3) is 1.88. The predicted octanol–water partition coefficient (Wildman–Crippen LogP) is 1.08. The Balaban J connectivity index is 2.36. The van der Waals surface area contributed by atoms with Crippen LogP contribution in [-0.2, 0) is 4.79 Å². The van der Waals surface area contributed by atoms with Crippen molar-refractivity contribution in [1.29, 1.82) is 0 Å². The van der Waals surface area contributed by atoms with Crippen LogP contribution in [0.25, 0.3) is 0 Å². The summed E-state index contributed by atoms with van der Waals surface area (Å²) in [5.41, 5.74) is -0.185. The number of aromatic nitrogens is 1. The quantitative estimate of drug-likeness (QED) is 0.802. The Labute approximate surface area is 99.6 Å². The zero-order valence-electron chi connectivity index (χ0n) is 10.1. The first-order chi connectivity index (χ1) is 7.93. The maximum Gasteiger partial charge on any atom is 0.253 e. The molecule has 17 heavy (non-hydrogen) atoms. The molecule has 2 N–H and O–H groups in total. The van der Waals surface area contributed by atoms with Crippen molar-refractivity contribution in [3.63, 3.8) is 0 Å². The summed E-state index contributed by atoms with van der Waals surface area (Å²) < 4.78 is 0. The van der Waals surface area contributed by atoms with Crippen LogP contribution in [0.4, 0.5) is 0 Å². The first-order valence-electron chi connectivity index (χ1n) is 5.50. The summed E-state index contributed by atoms with van der Waals surface area (Å²) in [5, 5.41) is 11.9. The molecule has 0 aromatic carbocycles. The monoisotopic (exact) mass is 233 g/mol. The summed E-state index contributed by atoms with van der Waals surface area (Å²) in [6.45, 7) is 5.72. The van der Waals surface area contributed by atoms with E-state index in [-0.39, 0.29) is 17.6 Å². The number of rotatable bonds is 2. The highest BCUT2D eigenvalue weighted by Crippen LogP contribution is 2.26. The predicted molar refractivity (Wildman–Crippen MR) is 63.8 cm³/mol. The van der Waals surface area contributed by atoms with Crippen molar-refractivity contribution in [3.05, 3.63) is 24.0 Å². The van der Waals surface area contributed by atoms with Gasteiger partial charge in [-0.3, -0.25) is 4.79 Å². The van der Waals surface area contributed by atoms with Crippen LogP contribution in [0.15, 0.2) is 23.3 Å². The molecule has 1 unspecified atom stereocenters. The van der Waals surface area contributed by atoms with Crippen molar-refractivity contribution in [3.8, 4) is 5.75 Å². The average Bonchev–Trinajstić information content (AvgIpc) is 2.58. The fourth-order valence-electron chi connectivity index (χ4n) is 1.58. The van der Waals surface area contributed by atoms with Crippen molar-refractivity contribution in [2.45, 2.75) is 26.3 Å². The molecule has 5 heteroatoms. The highest BCUT2D eigenvalue weighted by molar-refractivity contribution is 6.14. The normalized spacial score (nSPS) is 23.8. The number of hydrogen-bond donors (Lipinski definition) is 2. The Morgan fingerprint density at radius 3 is 2.59 bits per heavy atom. The fraction of sp³-hybridized carbons (Fsp3) is 0.417. The molecule has 1 aliphatic heterocycles. The van der Waals surface area contributed by atoms with Gasteiger partial charge in [-0.2, -0.15) is 0 Å². The van der Waals surface area contributed by atoms with Crippen molar-refractivity contribution in [1.82, 2.24) is 10.3 Å². The van der Waals surface area contributed by atoms with Gasteiger partial charge in [0.25, 0.3) is 5.91 Å². The van der Waals surface area contributed by atoms with Gasteiger partial charge in [0, 0.05) is 0 Å². The minimum atomic E-state index is -0.741. The molecule has 0 saturated carbocycles. The first-order valence-corrected chi connectivity index (χ1v) is 5.50. The Morgan fingerprint density at radius 1 is 1.41 bits per heavy atom. The van der Waals surface area contributed by atoms with Gasteiger partial charge in [-0.1, -0.05) is 13.8 Å². The lowest BCUT2D eigenvalue weighted by Crippen LogP contribution is -2.41. The molecule has 90 valence electrons. The minimum Gasteiger partial charge on any atom is -0.506 e. The maximum absolute atomic E-state index is 11.9. The summed E-state index contributed by atoms with van der Waals surface area (Å²) in [6.07, 6.45) is 1.33. The highest BCUT2D eigenvalue weighted by atomic mass is 16.3. The van der Waals surface area contributed by atoms with E-state index in [1.54, 1.807) is 13.0 Å². The van der Waals surface area contributed by atoms with Crippen LogP contribution in [-0.4, -0.2) is 27.4 Å². The molecule has 0 spiro atoms. The molecule has 0 aliphatic carbocycles. The molecule has 0 fully saturated rings. The van der Waals surface area contributed by atoms with Crippen LogP contribution in [0.5, 0.6) is 5.75 Å². The number of hydrogen-bond acceptors (Lipinski definition) is 4. The molecule has 0 saturated heterocycles. The van der Waals surface area contributed by atoms with Gasteiger partial charge in [-0.25, -0.2) is 9.98 Å². The molecular weight excluding hydrogens is 218 g/mol. The van der Waals surface area contributed by atoms with Gasteiger partial charge in [-0.15, -0.1) is 0 Å². The number of nitrogens with one attached hydrogen (secondary N) is 1. The summed E-state index contributed by atoms with van der Waals surface area (Å²) in [7, 11) is 0. The summed E-state index contributed by atoms with van der Waals surface area (Å²) in [5.74, 6) is 0.547. The Kier molecular flexibility index (Phi) is 2.61. The van der Waals surface area contributed by atoms with Gasteiger partial charge in [0.15, 0.2) is 5.84 Å². The van der Waals surface area contributed by atoms with E-state index in [1.165, 1.54) is 12.3 Å². The van der Waals surface area contributed by atoms with Crippen LogP contribution in [0.3, 0.4) is 0 Å². The third-order valence-corrected chi connectivity index (χ3v) is 3.15. The lowest BCUT2D eigenvalue weighted by Gasteiger charge is -2.21. The molecule has 1 aliphatic rings. The average molecular weight is 233 g/mol. The van der Waals surface area contributed by atoms with E-state index in [2.05, 4.69) is 15.3 Å². The van der Waals surface area contributed by atoms with E-state index in [9.17, 15) is 4.79 Å². The smallest absolute Gasteiger partial charge is 0.253 e. The molecule has 1 amide bonds. The molecular formula is C12H15N3O2. The van der Waals surface area contributed by atoms with Crippen LogP contribution in [0, 0.1) is 5.92 Å². The Bertz CT molecular complexity index is 479. The molecule has 0 bridgehead atoms. The van der Waals surface area contributed by atoms with E-state index in [1.807, 2.05) is 13.8 Å². The van der Waals surface area contributed by atoms with Crippen LogP contribution >= 0.6 is 0 Å². The van der Waals surface area contributed by atoms with Gasteiger partial charge >= 0.3 is 0 Å². The number of pyridine rings is 1. The van der Waals surface area contributed by atoms with E-state index < -0.39 is 5.54 Å². The SMILES string of the molecule is CC(C)C1(C)N=C(c2ccc(O)cn2)NC1=O. The molecule has 2 rings (SSSR count). The second-order valence-electron chi connectivity index (χ2n) is 4.62. The molecule has 2 heterocycles. The number of amidine groups is 1. The van der Waals surface area contributed by atoms with Gasteiger partial charge < -0.3 is 10.4 Å². The van der Waals surface area contributed by atoms with Crippen LogP contribution in [0.1, 0.15) is 26.5 Å². The van der Waals surface area contributed by atoms with E-state index in [0.29, 0.717) is 11.5 Å². The van der Waals surface area contributed by atoms with Crippen molar-refractivity contribution >= 4 is 11.7 Å². The number of carbonyl (C=O) groups excluding carboxylic acids is 1. The number of carbonyl (C=O) groups is 1. The van der Waals surface area contributed by atoms with Gasteiger partial charge in [0.2, 0.25) is 0 Å².